The molecule has 0 saturated carbocycles. The second-order valence-corrected chi connectivity index (χ2v) is 5.08. The number of carbonyl (C=O) groups excluding carboxylic acids is 1. The van der Waals surface area contributed by atoms with Crippen molar-refractivity contribution < 1.29 is 9.18 Å². The van der Waals surface area contributed by atoms with Crippen molar-refractivity contribution in [2.24, 2.45) is 7.05 Å². The standard InChI is InChI=1S/C15H17FN4O2/c1-19(2)14-12(9-17-20(3)15(14)22)18-13(21)8-10-4-6-11(16)7-5-10/h4-7,9H,8H2,1-3H3,(H,18,21). The van der Waals surface area contributed by atoms with Crippen LogP contribution in [-0.2, 0) is 18.3 Å². The first-order valence-electron chi connectivity index (χ1n) is 6.66. The molecule has 0 spiro atoms. The number of aryl methyl sites for hydroxylation is 1. The number of carbonyl (C=O) groups is 1. The smallest absolute Gasteiger partial charge is 0.292 e. The van der Waals surface area contributed by atoms with E-state index in [1.807, 2.05) is 0 Å². The second-order valence-electron chi connectivity index (χ2n) is 5.08. The van der Waals surface area contributed by atoms with Gasteiger partial charge in [0.2, 0.25) is 5.91 Å². The number of amides is 1. The average Bonchev–Trinajstić information content (AvgIpc) is 2.45. The van der Waals surface area contributed by atoms with Gasteiger partial charge in [-0.15, -0.1) is 0 Å². The number of benzene rings is 1. The van der Waals surface area contributed by atoms with Crippen LogP contribution in [0.3, 0.4) is 0 Å². The second kappa shape index (κ2) is 6.38. The summed E-state index contributed by atoms with van der Waals surface area (Å²) in [6.45, 7) is 0. The van der Waals surface area contributed by atoms with Crippen LogP contribution in [0.5, 0.6) is 0 Å². The monoisotopic (exact) mass is 304 g/mol. The molecule has 0 bridgehead atoms. The predicted octanol–water partition coefficient (Wildman–Crippen LogP) is 1.17. The lowest BCUT2D eigenvalue weighted by Gasteiger charge is -2.17. The normalized spacial score (nSPS) is 10.4. The molecule has 0 saturated heterocycles. The maximum absolute atomic E-state index is 12.8. The molecule has 116 valence electrons. The Morgan fingerprint density at radius 1 is 1.32 bits per heavy atom. The largest absolute Gasteiger partial charge is 0.371 e. The maximum atomic E-state index is 12.8. The lowest BCUT2D eigenvalue weighted by molar-refractivity contribution is -0.115. The Kier molecular flexibility index (Phi) is 4.55. The van der Waals surface area contributed by atoms with Gasteiger partial charge in [0.25, 0.3) is 5.56 Å². The Bertz CT molecular complexity index is 738. The number of halogens is 1. The van der Waals surface area contributed by atoms with Crippen molar-refractivity contribution in [3.8, 4) is 0 Å². The molecule has 0 fully saturated rings. The Morgan fingerprint density at radius 3 is 2.55 bits per heavy atom. The van der Waals surface area contributed by atoms with Crippen molar-refractivity contribution in [2.75, 3.05) is 24.3 Å². The lowest BCUT2D eigenvalue weighted by Crippen LogP contribution is -2.29. The Morgan fingerprint density at radius 2 is 1.95 bits per heavy atom. The van der Waals surface area contributed by atoms with E-state index < -0.39 is 0 Å². The third-order valence-electron chi connectivity index (χ3n) is 3.11. The SMILES string of the molecule is CN(C)c1c(NC(=O)Cc2ccc(F)cc2)cnn(C)c1=O. The van der Waals surface area contributed by atoms with Gasteiger partial charge in [-0.1, -0.05) is 12.1 Å². The zero-order chi connectivity index (χ0) is 16.3. The van der Waals surface area contributed by atoms with Crippen molar-refractivity contribution >= 4 is 17.3 Å². The van der Waals surface area contributed by atoms with Gasteiger partial charge in [-0.25, -0.2) is 9.07 Å². The topological polar surface area (TPSA) is 67.2 Å². The molecule has 0 aliphatic carbocycles. The zero-order valence-corrected chi connectivity index (χ0v) is 12.6. The minimum atomic E-state index is -0.352. The molecule has 0 aliphatic heterocycles. The van der Waals surface area contributed by atoms with Crippen molar-refractivity contribution in [2.45, 2.75) is 6.42 Å². The average molecular weight is 304 g/mol. The molecule has 1 N–H and O–H groups in total. The third-order valence-corrected chi connectivity index (χ3v) is 3.11. The van der Waals surface area contributed by atoms with E-state index in [2.05, 4.69) is 10.4 Å². The predicted molar refractivity (Wildman–Crippen MR) is 82.5 cm³/mol. The van der Waals surface area contributed by atoms with Gasteiger partial charge in [-0.3, -0.25) is 9.59 Å². The van der Waals surface area contributed by atoms with Crippen molar-refractivity contribution in [3.63, 3.8) is 0 Å². The fourth-order valence-electron chi connectivity index (χ4n) is 2.03. The molecule has 2 aromatic rings. The Balaban J connectivity index is 2.20. The van der Waals surface area contributed by atoms with Gasteiger partial charge in [0.05, 0.1) is 18.3 Å². The molecule has 2 rings (SSSR count). The number of hydrogen-bond donors (Lipinski definition) is 1. The summed E-state index contributed by atoms with van der Waals surface area (Å²) in [5.41, 5.74) is 1.08. The number of nitrogens with one attached hydrogen (secondary N) is 1. The number of hydrogen-bond acceptors (Lipinski definition) is 4. The summed E-state index contributed by atoms with van der Waals surface area (Å²) in [7, 11) is 4.97. The summed E-state index contributed by atoms with van der Waals surface area (Å²) in [5, 5.41) is 6.58. The summed E-state index contributed by atoms with van der Waals surface area (Å²) < 4.78 is 14.0. The molecule has 0 atom stereocenters. The van der Waals surface area contributed by atoms with Crippen LogP contribution in [0.4, 0.5) is 15.8 Å². The Labute approximate surface area is 127 Å². The van der Waals surface area contributed by atoms with E-state index in [0.717, 1.165) is 0 Å². The quantitative estimate of drug-likeness (QED) is 0.920. The highest BCUT2D eigenvalue weighted by atomic mass is 19.1. The third kappa shape index (κ3) is 3.49. The van der Waals surface area contributed by atoms with E-state index in [9.17, 15) is 14.0 Å². The lowest BCUT2D eigenvalue weighted by atomic mass is 10.1. The van der Waals surface area contributed by atoms with E-state index >= 15 is 0 Å². The van der Waals surface area contributed by atoms with Crippen LogP contribution < -0.4 is 15.8 Å². The van der Waals surface area contributed by atoms with Crippen LogP contribution in [0.1, 0.15) is 5.56 Å². The first kappa shape index (κ1) is 15.7. The van der Waals surface area contributed by atoms with Crippen LogP contribution >= 0.6 is 0 Å². The molecule has 6 nitrogen and oxygen atoms in total. The molecule has 0 aliphatic rings. The molecule has 1 aromatic heterocycles. The van der Waals surface area contributed by atoms with Crippen molar-refractivity contribution in [1.82, 2.24) is 9.78 Å². The highest BCUT2D eigenvalue weighted by molar-refractivity contribution is 5.95. The fraction of sp³-hybridized carbons (Fsp3) is 0.267. The first-order chi connectivity index (χ1) is 10.4. The van der Waals surface area contributed by atoms with E-state index in [1.54, 1.807) is 38.2 Å². The first-order valence-corrected chi connectivity index (χ1v) is 6.66. The van der Waals surface area contributed by atoms with E-state index in [1.165, 1.54) is 23.0 Å². The van der Waals surface area contributed by atoms with Crippen LogP contribution in [0.15, 0.2) is 35.3 Å². The molecule has 0 unspecified atom stereocenters. The molecular weight excluding hydrogens is 287 g/mol. The van der Waals surface area contributed by atoms with Gasteiger partial charge in [-0.05, 0) is 17.7 Å². The van der Waals surface area contributed by atoms with Gasteiger partial charge >= 0.3 is 0 Å². The maximum Gasteiger partial charge on any atom is 0.292 e. The summed E-state index contributed by atoms with van der Waals surface area (Å²) in [6.07, 6.45) is 1.52. The summed E-state index contributed by atoms with van der Waals surface area (Å²) >= 11 is 0. The minimum absolute atomic E-state index is 0.0857. The van der Waals surface area contributed by atoms with Gasteiger partial charge in [-0.2, -0.15) is 5.10 Å². The minimum Gasteiger partial charge on any atom is -0.371 e. The number of nitrogens with zero attached hydrogens (tertiary/aromatic N) is 3. The van der Waals surface area contributed by atoms with Crippen LogP contribution in [0.25, 0.3) is 0 Å². The van der Waals surface area contributed by atoms with E-state index in [4.69, 9.17) is 0 Å². The van der Waals surface area contributed by atoms with E-state index in [0.29, 0.717) is 16.9 Å². The van der Waals surface area contributed by atoms with Gasteiger partial charge in [0.1, 0.15) is 11.5 Å². The van der Waals surface area contributed by atoms with Crippen LogP contribution in [0, 0.1) is 5.82 Å². The summed E-state index contributed by atoms with van der Waals surface area (Å²) in [6, 6.07) is 5.69. The number of aromatic nitrogens is 2. The van der Waals surface area contributed by atoms with Crippen LogP contribution in [0.2, 0.25) is 0 Å². The van der Waals surface area contributed by atoms with Crippen molar-refractivity contribution in [3.05, 3.63) is 52.2 Å². The van der Waals surface area contributed by atoms with Gasteiger partial charge in [0.15, 0.2) is 0 Å². The molecule has 1 heterocycles. The van der Waals surface area contributed by atoms with E-state index in [-0.39, 0.29) is 23.7 Å². The van der Waals surface area contributed by atoms with Gasteiger partial charge in [0, 0.05) is 21.1 Å². The fourth-order valence-corrected chi connectivity index (χ4v) is 2.03. The number of rotatable bonds is 4. The molecular formula is C15H17FN4O2. The summed E-state index contributed by atoms with van der Waals surface area (Å²) in [4.78, 5) is 25.8. The zero-order valence-electron chi connectivity index (χ0n) is 12.6. The van der Waals surface area contributed by atoms with Crippen molar-refractivity contribution in [1.29, 1.82) is 0 Å². The molecule has 7 heteroatoms. The van der Waals surface area contributed by atoms with Crippen LogP contribution in [-0.4, -0.2) is 29.8 Å². The van der Waals surface area contributed by atoms with Gasteiger partial charge < -0.3 is 10.2 Å². The molecule has 1 aromatic carbocycles. The summed E-state index contributed by atoms with van der Waals surface area (Å²) in [5.74, 6) is -0.653. The highest BCUT2D eigenvalue weighted by Gasteiger charge is 2.14. The molecule has 22 heavy (non-hydrogen) atoms. The Hall–Kier alpha value is -2.70. The molecule has 0 radical (unpaired) electrons. The molecule has 1 amide bonds. The number of anilines is 2. The highest BCUT2D eigenvalue weighted by Crippen LogP contribution is 2.18.